The third-order valence-electron chi connectivity index (χ3n) is 6.25. The van der Waals surface area contributed by atoms with E-state index in [4.69, 9.17) is 9.72 Å². The Kier molecular flexibility index (Phi) is 5.43. The number of aliphatic hydroxyl groups is 1. The number of hydrogen-bond acceptors (Lipinski definition) is 4. The first-order valence-electron chi connectivity index (χ1n) is 11.2. The number of pyridine rings is 1. The van der Waals surface area contributed by atoms with Crippen LogP contribution in [0.3, 0.4) is 0 Å². The van der Waals surface area contributed by atoms with Crippen LogP contribution in [-0.2, 0) is 6.61 Å². The first-order chi connectivity index (χ1) is 16.4. The maximum Gasteiger partial charge on any atom is 0.137 e. The lowest BCUT2D eigenvalue weighted by Gasteiger charge is -2.17. The summed E-state index contributed by atoms with van der Waals surface area (Å²) in [5.41, 5.74) is 6.60. The van der Waals surface area contributed by atoms with E-state index in [0.717, 1.165) is 28.2 Å². The first-order valence-corrected chi connectivity index (χ1v) is 11.2. The van der Waals surface area contributed by atoms with E-state index in [9.17, 15) is 14.8 Å². The van der Waals surface area contributed by atoms with Crippen molar-refractivity contribution >= 4 is 11.2 Å². The van der Waals surface area contributed by atoms with Gasteiger partial charge in [0.25, 0.3) is 0 Å². The molecule has 0 amide bonds. The number of imidazole rings is 1. The Morgan fingerprint density at radius 2 is 1.94 bits per heavy atom. The van der Waals surface area contributed by atoms with Gasteiger partial charge < -0.3 is 14.2 Å². The summed E-state index contributed by atoms with van der Waals surface area (Å²) < 4.78 is 21.8. The van der Waals surface area contributed by atoms with Crippen molar-refractivity contribution < 1.29 is 14.2 Å². The number of aliphatic hydroxyl groups excluding tert-OH is 1. The summed E-state index contributed by atoms with van der Waals surface area (Å²) >= 11 is 0. The topological polar surface area (TPSA) is 70.5 Å². The fourth-order valence-corrected chi connectivity index (χ4v) is 4.62. The highest BCUT2D eigenvalue weighted by molar-refractivity contribution is 5.88. The van der Waals surface area contributed by atoms with Gasteiger partial charge in [-0.25, -0.2) is 9.37 Å². The molecule has 0 saturated heterocycles. The SMILES string of the molecule is CC(C#N)=C1c2ccc(C(O)c3c(C(C)C)nc4ccccn34)cc2COc2cc(F)ccc21. The van der Waals surface area contributed by atoms with Gasteiger partial charge in [-0.05, 0) is 59.9 Å². The number of hydrogen-bond donors (Lipinski definition) is 1. The van der Waals surface area contributed by atoms with Crippen molar-refractivity contribution in [2.45, 2.75) is 39.4 Å². The number of halogens is 1. The van der Waals surface area contributed by atoms with Gasteiger partial charge in [-0.1, -0.05) is 32.0 Å². The summed E-state index contributed by atoms with van der Waals surface area (Å²) in [4.78, 5) is 4.74. The van der Waals surface area contributed by atoms with Crippen molar-refractivity contribution in [2.24, 2.45) is 0 Å². The molecule has 0 saturated carbocycles. The van der Waals surface area contributed by atoms with Gasteiger partial charge in [0, 0.05) is 29.0 Å². The highest BCUT2D eigenvalue weighted by atomic mass is 19.1. The van der Waals surface area contributed by atoms with Gasteiger partial charge in [0.15, 0.2) is 0 Å². The molecule has 1 aliphatic rings. The van der Waals surface area contributed by atoms with Gasteiger partial charge in [0.1, 0.15) is 29.9 Å². The van der Waals surface area contributed by atoms with E-state index < -0.39 is 11.9 Å². The fraction of sp³-hybridized carbons (Fsp3) is 0.214. The molecule has 4 aromatic rings. The van der Waals surface area contributed by atoms with Crippen molar-refractivity contribution in [2.75, 3.05) is 0 Å². The third kappa shape index (κ3) is 3.55. The molecule has 1 atom stereocenters. The van der Waals surface area contributed by atoms with E-state index in [0.29, 0.717) is 28.0 Å². The van der Waals surface area contributed by atoms with Gasteiger partial charge in [-0.15, -0.1) is 0 Å². The number of fused-ring (bicyclic) bond motifs is 3. The predicted octanol–water partition coefficient (Wildman–Crippen LogP) is 5.92. The molecule has 1 unspecified atom stereocenters. The van der Waals surface area contributed by atoms with Gasteiger partial charge >= 0.3 is 0 Å². The van der Waals surface area contributed by atoms with Crippen LogP contribution in [0, 0.1) is 17.1 Å². The predicted molar refractivity (Wildman–Crippen MR) is 128 cm³/mol. The average Bonchev–Trinajstić information content (AvgIpc) is 3.16. The standard InChI is InChI=1S/C28H24FN3O2/c1-16(2)26-27(32-11-5-4-6-24(32)31-26)28(33)18-7-9-21-19(12-18)15-34-23-13-20(29)8-10-22(23)25(21)17(3)14-30/h4-13,16,28,33H,15H2,1-3H3. The minimum Gasteiger partial charge on any atom is -0.488 e. The highest BCUT2D eigenvalue weighted by Crippen LogP contribution is 2.40. The van der Waals surface area contributed by atoms with Gasteiger partial charge in [-0.2, -0.15) is 5.26 Å². The summed E-state index contributed by atoms with van der Waals surface area (Å²) in [6.45, 7) is 6.05. The minimum absolute atomic E-state index is 0.130. The van der Waals surface area contributed by atoms with Crippen molar-refractivity contribution in [3.63, 3.8) is 0 Å². The van der Waals surface area contributed by atoms with Crippen LogP contribution in [0.5, 0.6) is 5.75 Å². The summed E-state index contributed by atoms with van der Waals surface area (Å²) in [5.74, 6) is 0.126. The van der Waals surface area contributed by atoms with E-state index in [2.05, 4.69) is 19.9 Å². The molecule has 0 radical (unpaired) electrons. The van der Waals surface area contributed by atoms with Crippen molar-refractivity contribution in [1.29, 1.82) is 5.26 Å². The van der Waals surface area contributed by atoms with Crippen LogP contribution in [0.2, 0.25) is 0 Å². The minimum atomic E-state index is -0.910. The summed E-state index contributed by atoms with van der Waals surface area (Å²) in [5, 5.41) is 21.2. The lowest BCUT2D eigenvalue weighted by Crippen LogP contribution is -2.09. The zero-order valence-corrected chi connectivity index (χ0v) is 19.2. The van der Waals surface area contributed by atoms with Crippen molar-refractivity contribution in [3.05, 3.63) is 106 Å². The Balaban J connectivity index is 1.66. The zero-order valence-electron chi connectivity index (χ0n) is 19.2. The molecule has 2 aromatic heterocycles. The number of benzene rings is 2. The quantitative estimate of drug-likeness (QED) is 0.391. The van der Waals surface area contributed by atoms with E-state index in [1.807, 2.05) is 47.0 Å². The van der Waals surface area contributed by atoms with Gasteiger partial charge in [0.2, 0.25) is 0 Å². The van der Waals surface area contributed by atoms with Gasteiger partial charge in [-0.3, -0.25) is 0 Å². The maximum absolute atomic E-state index is 13.9. The Morgan fingerprint density at radius 3 is 2.71 bits per heavy atom. The molecule has 34 heavy (non-hydrogen) atoms. The molecule has 0 bridgehead atoms. The van der Waals surface area contributed by atoms with E-state index >= 15 is 0 Å². The number of aromatic nitrogens is 2. The third-order valence-corrected chi connectivity index (χ3v) is 6.25. The van der Waals surface area contributed by atoms with Crippen LogP contribution in [-0.4, -0.2) is 14.5 Å². The number of nitriles is 1. The summed E-state index contributed by atoms with van der Waals surface area (Å²) in [6, 6.07) is 18.0. The first kappa shape index (κ1) is 21.9. The molecular formula is C28H24FN3O2. The molecule has 6 heteroatoms. The Labute approximate surface area is 197 Å². The van der Waals surface area contributed by atoms with Crippen LogP contribution in [0.1, 0.15) is 66.4 Å². The van der Waals surface area contributed by atoms with E-state index in [1.165, 1.54) is 12.1 Å². The molecule has 0 spiro atoms. The second kappa shape index (κ2) is 8.44. The molecule has 3 heterocycles. The second-order valence-corrected chi connectivity index (χ2v) is 8.83. The molecule has 0 aliphatic carbocycles. The van der Waals surface area contributed by atoms with E-state index in [1.54, 1.807) is 13.0 Å². The molecule has 1 N–H and O–H groups in total. The molecule has 2 aromatic carbocycles. The number of nitrogens with zero attached hydrogens (tertiary/aromatic N) is 3. The average molecular weight is 454 g/mol. The van der Waals surface area contributed by atoms with Crippen LogP contribution < -0.4 is 4.74 Å². The van der Waals surface area contributed by atoms with Crippen LogP contribution in [0.25, 0.3) is 11.2 Å². The zero-order chi connectivity index (χ0) is 24.0. The Morgan fingerprint density at radius 1 is 1.15 bits per heavy atom. The lowest BCUT2D eigenvalue weighted by molar-refractivity contribution is 0.212. The highest BCUT2D eigenvalue weighted by Gasteiger charge is 2.26. The van der Waals surface area contributed by atoms with Crippen LogP contribution >= 0.6 is 0 Å². The molecule has 5 nitrogen and oxygen atoms in total. The van der Waals surface area contributed by atoms with Crippen LogP contribution in [0.15, 0.2) is 66.4 Å². The number of rotatable bonds is 3. The molecule has 170 valence electrons. The number of ether oxygens (including phenoxy) is 1. The van der Waals surface area contributed by atoms with Gasteiger partial charge in [0.05, 0.1) is 17.5 Å². The maximum atomic E-state index is 13.9. The smallest absolute Gasteiger partial charge is 0.137 e. The van der Waals surface area contributed by atoms with Crippen LogP contribution in [0.4, 0.5) is 4.39 Å². The second-order valence-electron chi connectivity index (χ2n) is 8.83. The Bertz CT molecular complexity index is 1490. The monoisotopic (exact) mass is 453 g/mol. The summed E-state index contributed by atoms with van der Waals surface area (Å²) in [6.07, 6.45) is 0.995. The molecule has 5 rings (SSSR count). The number of allylic oxidation sites excluding steroid dienone is 1. The van der Waals surface area contributed by atoms with E-state index in [-0.39, 0.29) is 12.5 Å². The van der Waals surface area contributed by atoms with Crippen molar-refractivity contribution in [3.8, 4) is 11.8 Å². The van der Waals surface area contributed by atoms with Crippen molar-refractivity contribution in [1.82, 2.24) is 9.38 Å². The largest absolute Gasteiger partial charge is 0.488 e. The summed E-state index contributed by atoms with van der Waals surface area (Å²) in [7, 11) is 0. The lowest BCUT2D eigenvalue weighted by atomic mass is 9.89. The molecule has 1 aliphatic heterocycles. The Hall–Kier alpha value is -3.95. The molecule has 0 fully saturated rings. The fourth-order valence-electron chi connectivity index (χ4n) is 4.62. The normalized spacial score (nSPS) is 15.2. The molecular weight excluding hydrogens is 429 g/mol.